The van der Waals surface area contributed by atoms with Crippen LogP contribution in [0.5, 0.6) is 0 Å². The molecular weight excluding hydrogens is 367 g/mol. The highest BCUT2D eigenvalue weighted by molar-refractivity contribution is 7.93. The zero-order valence-electron chi connectivity index (χ0n) is 14.8. The van der Waals surface area contributed by atoms with Crippen molar-refractivity contribution in [3.63, 3.8) is 0 Å². The van der Waals surface area contributed by atoms with Crippen LogP contribution in [0.3, 0.4) is 0 Å². The first-order chi connectivity index (χ1) is 12.9. The predicted molar refractivity (Wildman–Crippen MR) is 103 cm³/mol. The predicted octanol–water partition coefficient (Wildman–Crippen LogP) is 3.43. The van der Waals surface area contributed by atoms with E-state index in [9.17, 15) is 17.6 Å². The third-order valence-electron chi connectivity index (χ3n) is 5.55. The molecule has 1 aliphatic heterocycles. The van der Waals surface area contributed by atoms with Gasteiger partial charge >= 0.3 is 0 Å². The van der Waals surface area contributed by atoms with Gasteiger partial charge in [-0.2, -0.15) is 0 Å². The lowest BCUT2D eigenvalue weighted by Gasteiger charge is -2.40. The largest absolute Gasteiger partial charge is 0.323 e. The molecule has 1 saturated carbocycles. The van der Waals surface area contributed by atoms with Crippen molar-refractivity contribution in [3.8, 4) is 0 Å². The molecule has 4 rings (SSSR count). The van der Waals surface area contributed by atoms with Crippen LogP contribution in [0.25, 0.3) is 0 Å². The number of carbonyl (C=O) groups excluding carboxylic acids is 1. The number of halogens is 1. The molecule has 0 aromatic heterocycles. The summed E-state index contributed by atoms with van der Waals surface area (Å²) in [5.41, 5.74) is 0.671. The maximum absolute atomic E-state index is 14.3. The van der Waals surface area contributed by atoms with E-state index in [1.54, 1.807) is 0 Å². The van der Waals surface area contributed by atoms with Crippen molar-refractivity contribution in [2.24, 2.45) is 0 Å². The van der Waals surface area contributed by atoms with Crippen LogP contribution < -0.4 is 9.62 Å². The third kappa shape index (κ3) is 3.10. The Morgan fingerprint density at radius 2 is 1.81 bits per heavy atom. The molecular formula is C20H21FN2O3S. The number of nitrogens with one attached hydrogen (secondary N) is 1. The normalized spacial score (nSPS) is 20.1. The van der Waals surface area contributed by atoms with Crippen LogP contribution in [0.4, 0.5) is 15.8 Å². The van der Waals surface area contributed by atoms with Crippen molar-refractivity contribution in [3.05, 3.63) is 59.9 Å². The molecule has 0 unspecified atom stereocenters. The van der Waals surface area contributed by atoms with E-state index in [2.05, 4.69) is 5.32 Å². The standard InChI is InChI=1S/C20H21FN2O3S/c21-17-9-8-16(23-12-5-13-27(23,25)26)14-18(17)22-19(24)20(10-4-11-20)15-6-2-1-3-7-15/h1-3,6-9,14H,4-5,10-13H2,(H,22,24). The van der Waals surface area contributed by atoms with E-state index in [1.807, 2.05) is 30.3 Å². The summed E-state index contributed by atoms with van der Waals surface area (Å²) in [6, 6.07) is 13.6. The average molecular weight is 388 g/mol. The molecule has 2 aliphatic rings. The molecule has 27 heavy (non-hydrogen) atoms. The number of carbonyl (C=O) groups is 1. The van der Waals surface area contributed by atoms with Crippen molar-refractivity contribution in [2.75, 3.05) is 21.9 Å². The van der Waals surface area contributed by atoms with E-state index >= 15 is 0 Å². The van der Waals surface area contributed by atoms with Crippen LogP contribution in [0.15, 0.2) is 48.5 Å². The van der Waals surface area contributed by atoms with Gasteiger partial charge in [-0.05, 0) is 43.0 Å². The van der Waals surface area contributed by atoms with E-state index in [-0.39, 0.29) is 17.3 Å². The maximum Gasteiger partial charge on any atom is 0.235 e. The molecule has 1 N–H and O–H groups in total. The van der Waals surface area contributed by atoms with Gasteiger partial charge in [0.15, 0.2) is 0 Å². The molecule has 1 amide bonds. The lowest BCUT2D eigenvalue weighted by Crippen LogP contribution is -2.46. The highest BCUT2D eigenvalue weighted by Crippen LogP contribution is 2.44. The van der Waals surface area contributed by atoms with Crippen LogP contribution >= 0.6 is 0 Å². The Balaban J connectivity index is 1.63. The van der Waals surface area contributed by atoms with Crippen LogP contribution in [-0.4, -0.2) is 26.6 Å². The van der Waals surface area contributed by atoms with Gasteiger partial charge < -0.3 is 5.32 Å². The zero-order valence-corrected chi connectivity index (χ0v) is 15.6. The van der Waals surface area contributed by atoms with Gasteiger partial charge in [0, 0.05) is 6.54 Å². The minimum atomic E-state index is -3.36. The van der Waals surface area contributed by atoms with Crippen LogP contribution in [-0.2, 0) is 20.2 Å². The minimum Gasteiger partial charge on any atom is -0.323 e. The number of amides is 1. The molecule has 0 radical (unpaired) electrons. The fourth-order valence-electron chi connectivity index (χ4n) is 3.87. The van der Waals surface area contributed by atoms with Gasteiger partial charge in [-0.25, -0.2) is 12.8 Å². The molecule has 2 aromatic rings. The van der Waals surface area contributed by atoms with E-state index in [1.165, 1.54) is 22.5 Å². The Morgan fingerprint density at radius 1 is 1.07 bits per heavy atom. The number of benzene rings is 2. The molecule has 1 heterocycles. The smallest absolute Gasteiger partial charge is 0.235 e. The van der Waals surface area contributed by atoms with E-state index < -0.39 is 21.3 Å². The first kappa shape index (κ1) is 18.0. The molecule has 2 aromatic carbocycles. The van der Waals surface area contributed by atoms with Gasteiger partial charge in [-0.1, -0.05) is 36.8 Å². The average Bonchev–Trinajstić information content (AvgIpc) is 2.96. The maximum atomic E-state index is 14.3. The lowest BCUT2D eigenvalue weighted by molar-refractivity contribution is -0.124. The summed E-state index contributed by atoms with van der Waals surface area (Å²) in [6.07, 6.45) is 2.91. The van der Waals surface area contributed by atoms with Gasteiger partial charge in [0.1, 0.15) is 5.82 Å². The molecule has 2 fully saturated rings. The highest BCUT2D eigenvalue weighted by atomic mass is 32.2. The first-order valence-corrected chi connectivity index (χ1v) is 10.7. The number of hydrogen-bond donors (Lipinski definition) is 1. The van der Waals surface area contributed by atoms with Crippen molar-refractivity contribution >= 4 is 27.3 Å². The summed E-state index contributed by atoms with van der Waals surface area (Å²) in [6.45, 7) is 0.370. The van der Waals surface area contributed by atoms with E-state index in [4.69, 9.17) is 0 Å². The monoisotopic (exact) mass is 388 g/mol. The second-order valence-corrected chi connectivity index (χ2v) is 9.17. The van der Waals surface area contributed by atoms with Crippen molar-refractivity contribution in [2.45, 2.75) is 31.1 Å². The Hall–Kier alpha value is -2.41. The summed E-state index contributed by atoms with van der Waals surface area (Å²) in [5.74, 6) is -0.741. The van der Waals surface area contributed by atoms with Gasteiger partial charge in [-0.3, -0.25) is 9.10 Å². The van der Waals surface area contributed by atoms with Crippen LogP contribution in [0, 0.1) is 5.82 Å². The van der Waals surface area contributed by atoms with Crippen molar-refractivity contribution in [1.82, 2.24) is 0 Å². The molecule has 7 heteroatoms. The molecule has 0 spiro atoms. The molecule has 0 atom stereocenters. The number of rotatable bonds is 4. The fourth-order valence-corrected chi connectivity index (χ4v) is 5.43. The molecule has 0 bridgehead atoms. The number of nitrogens with zero attached hydrogens (tertiary/aromatic N) is 1. The lowest BCUT2D eigenvalue weighted by atomic mass is 9.64. The van der Waals surface area contributed by atoms with Gasteiger partial charge in [0.25, 0.3) is 0 Å². The first-order valence-electron chi connectivity index (χ1n) is 9.09. The fraction of sp³-hybridized carbons (Fsp3) is 0.350. The SMILES string of the molecule is O=C(Nc1cc(N2CCCS2(=O)=O)ccc1F)C1(c2ccccc2)CCC1. The molecule has 5 nitrogen and oxygen atoms in total. The second-order valence-electron chi connectivity index (χ2n) is 7.16. The molecule has 1 aliphatic carbocycles. The van der Waals surface area contributed by atoms with E-state index in [0.29, 0.717) is 31.5 Å². The molecule has 1 saturated heterocycles. The van der Waals surface area contributed by atoms with Gasteiger partial charge in [-0.15, -0.1) is 0 Å². The van der Waals surface area contributed by atoms with E-state index in [0.717, 1.165) is 12.0 Å². The van der Waals surface area contributed by atoms with Crippen LogP contribution in [0.2, 0.25) is 0 Å². The Bertz CT molecular complexity index is 972. The Kier molecular flexibility index (Phi) is 4.42. The number of anilines is 2. The number of hydrogen-bond acceptors (Lipinski definition) is 3. The quantitative estimate of drug-likeness (QED) is 0.873. The van der Waals surface area contributed by atoms with Crippen molar-refractivity contribution in [1.29, 1.82) is 0 Å². The summed E-state index contributed by atoms with van der Waals surface area (Å²) in [5, 5.41) is 2.71. The van der Waals surface area contributed by atoms with Gasteiger partial charge in [0.2, 0.25) is 15.9 Å². The van der Waals surface area contributed by atoms with Crippen molar-refractivity contribution < 1.29 is 17.6 Å². The summed E-state index contributed by atoms with van der Waals surface area (Å²) >= 11 is 0. The van der Waals surface area contributed by atoms with Gasteiger partial charge in [0.05, 0.1) is 22.5 Å². The Morgan fingerprint density at radius 3 is 2.41 bits per heavy atom. The molecule has 142 valence electrons. The topological polar surface area (TPSA) is 66.5 Å². The van der Waals surface area contributed by atoms with Crippen LogP contribution in [0.1, 0.15) is 31.2 Å². The highest BCUT2D eigenvalue weighted by Gasteiger charge is 2.45. The zero-order chi connectivity index (χ0) is 19.1. The second kappa shape index (κ2) is 6.64. The summed E-state index contributed by atoms with van der Waals surface area (Å²) in [4.78, 5) is 13.0. The third-order valence-corrected chi connectivity index (χ3v) is 7.42. The minimum absolute atomic E-state index is 0.0156. The summed E-state index contributed by atoms with van der Waals surface area (Å²) < 4.78 is 39.9. The summed E-state index contributed by atoms with van der Waals surface area (Å²) in [7, 11) is -3.36. The number of sulfonamides is 1. The Labute approximate surface area is 158 Å².